The first kappa shape index (κ1) is 25.9. The molecule has 9 heteroatoms. The van der Waals surface area contributed by atoms with Gasteiger partial charge in [-0.2, -0.15) is 0 Å². The van der Waals surface area contributed by atoms with Crippen molar-refractivity contribution in [3.8, 4) is 0 Å². The Morgan fingerprint density at radius 2 is 1.56 bits per heavy atom. The fraction of sp³-hybridized carbons (Fsp3) is 0.320. The molecule has 2 heterocycles. The fourth-order valence-corrected chi connectivity index (χ4v) is 4.13. The van der Waals surface area contributed by atoms with Gasteiger partial charge < -0.3 is 9.64 Å². The molecular weight excluding hydrogens is 477 g/mol. The molecule has 0 spiro atoms. The number of fused-ring (bicyclic) bond motifs is 1. The molecule has 0 aliphatic carbocycles. The van der Waals surface area contributed by atoms with Crippen molar-refractivity contribution in [2.24, 2.45) is 0 Å². The number of hydrogen-bond acceptors (Lipinski definition) is 6. The first-order valence-corrected chi connectivity index (χ1v) is 11.3. The Bertz CT molecular complexity index is 1030. The molecule has 34 heavy (non-hydrogen) atoms. The minimum absolute atomic E-state index is 0. The van der Waals surface area contributed by atoms with Crippen LogP contribution in [0.25, 0.3) is 6.08 Å². The SMILES string of the molecule is CN1CCN(CC(CN2C(=O)c3ccccc3C2=O)OC(=O)C=Cc2ccc(Cl)cc2)CC1.Cl. The minimum Gasteiger partial charge on any atom is -0.456 e. The molecule has 2 aromatic carbocycles. The summed E-state index contributed by atoms with van der Waals surface area (Å²) in [6.07, 6.45) is 2.36. The van der Waals surface area contributed by atoms with Gasteiger partial charge in [-0.1, -0.05) is 35.9 Å². The molecule has 2 amide bonds. The highest BCUT2D eigenvalue weighted by Crippen LogP contribution is 2.23. The summed E-state index contributed by atoms with van der Waals surface area (Å²) < 4.78 is 5.73. The molecule has 0 radical (unpaired) electrons. The minimum atomic E-state index is -0.641. The average Bonchev–Trinajstić information content (AvgIpc) is 3.05. The zero-order valence-corrected chi connectivity index (χ0v) is 20.4. The normalized spacial score (nSPS) is 17.5. The van der Waals surface area contributed by atoms with Crippen LogP contribution in [0, 0.1) is 0 Å². The molecule has 0 aromatic heterocycles. The Balaban J connectivity index is 0.00000324. The van der Waals surface area contributed by atoms with Crippen LogP contribution in [0.2, 0.25) is 5.02 Å². The Morgan fingerprint density at radius 3 is 2.15 bits per heavy atom. The number of esters is 1. The van der Waals surface area contributed by atoms with Crippen LogP contribution in [-0.2, 0) is 9.53 Å². The second kappa shape index (κ2) is 11.6. The highest BCUT2D eigenvalue weighted by atomic mass is 35.5. The Kier molecular flexibility index (Phi) is 8.85. The van der Waals surface area contributed by atoms with Crippen molar-refractivity contribution in [2.75, 3.05) is 46.3 Å². The number of likely N-dealkylation sites (N-methyl/N-ethyl adjacent to an activating group) is 1. The largest absolute Gasteiger partial charge is 0.456 e. The number of benzene rings is 2. The van der Waals surface area contributed by atoms with Crippen molar-refractivity contribution in [1.29, 1.82) is 0 Å². The van der Waals surface area contributed by atoms with E-state index in [9.17, 15) is 14.4 Å². The highest BCUT2D eigenvalue weighted by Gasteiger charge is 2.37. The maximum Gasteiger partial charge on any atom is 0.331 e. The third-order valence-electron chi connectivity index (χ3n) is 5.89. The molecule has 2 aromatic rings. The molecule has 1 atom stereocenters. The Labute approximate surface area is 210 Å². The number of amides is 2. The smallest absolute Gasteiger partial charge is 0.331 e. The summed E-state index contributed by atoms with van der Waals surface area (Å²) >= 11 is 5.90. The van der Waals surface area contributed by atoms with E-state index >= 15 is 0 Å². The molecule has 7 nitrogen and oxygen atoms in total. The van der Waals surface area contributed by atoms with Crippen molar-refractivity contribution >= 4 is 47.9 Å². The van der Waals surface area contributed by atoms with Gasteiger partial charge in [0.2, 0.25) is 0 Å². The fourth-order valence-electron chi connectivity index (χ4n) is 4.00. The summed E-state index contributed by atoms with van der Waals surface area (Å²) in [7, 11) is 2.06. The number of carbonyl (C=O) groups excluding carboxylic acids is 3. The summed E-state index contributed by atoms with van der Waals surface area (Å²) in [6.45, 7) is 3.93. The lowest BCUT2D eigenvalue weighted by molar-refractivity contribution is -0.144. The lowest BCUT2D eigenvalue weighted by atomic mass is 10.1. The third kappa shape index (κ3) is 6.24. The number of ether oxygens (including phenoxy) is 1. The van der Waals surface area contributed by atoms with Gasteiger partial charge in [0, 0.05) is 43.8 Å². The number of imide groups is 1. The van der Waals surface area contributed by atoms with E-state index in [-0.39, 0.29) is 30.8 Å². The van der Waals surface area contributed by atoms with E-state index in [1.807, 2.05) is 0 Å². The number of carbonyl (C=O) groups is 3. The zero-order chi connectivity index (χ0) is 23.4. The molecule has 0 bridgehead atoms. The molecular formula is C25H27Cl2N3O4. The lowest BCUT2D eigenvalue weighted by Gasteiger charge is -2.35. The molecule has 1 saturated heterocycles. The van der Waals surface area contributed by atoms with Gasteiger partial charge in [-0.3, -0.25) is 19.4 Å². The second-order valence-corrected chi connectivity index (χ2v) is 8.75. The lowest BCUT2D eigenvalue weighted by Crippen LogP contribution is -2.50. The Morgan fingerprint density at radius 1 is 0.971 bits per heavy atom. The summed E-state index contributed by atoms with van der Waals surface area (Å²) in [5.74, 6) is -1.24. The predicted octanol–water partition coefficient (Wildman–Crippen LogP) is 3.23. The van der Waals surface area contributed by atoms with Gasteiger partial charge >= 0.3 is 5.97 Å². The van der Waals surface area contributed by atoms with Gasteiger partial charge in [-0.05, 0) is 43.0 Å². The van der Waals surface area contributed by atoms with Crippen LogP contribution < -0.4 is 0 Å². The number of halogens is 2. The first-order chi connectivity index (χ1) is 15.9. The molecule has 1 unspecified atom stereocenters. The molecule has 180 valence electrons. The van der Waals surface area contributed by atoms with Crippen molar-refractivity contribution in [3.05, 3.63) is 76.3 Å². The summed E-state index contributed by atoms with van der Waals surface area (Å²) in [5, 5.41) is 0.614. The van der Waals surface area contributed by atoms with E-state index in [1.54, 1.807) is 54.6 Å². The number of rotatable bonds is 7. The maximum atomic E-state index is 12.8. The number of hydrogen-bond donors (Lipinski definition) is 0. The van der Waals surface area contributed by atoms with Crippen LogP contribution in [-0.4, -0.2) is 84.9 Å². The molecule has 4 rings (SSSR count). The predicted molar refractivity (Wildman–Crippen MR) is 133 cm³/mol. The van der Waals surface area contributed by atoms with Crippen LogP contribution in [0.1, 0.15) is 26.3 Å². The number of nitrogens with zero attached hydrogens (tertiary/aromatic N) is 3. The van der Waals surface area contributed by atoms with Crippen LogP contribution in [0.3, 0.4) is 0 Å². The standard InChI is InChI=1S/C25H26ClN3O4.ClH/c1-27-12-14-28(15-13-27)16-20(33-23(30)11-8-18-6-9-19(26)10-7-18)17-29-24(31)21-4-2-3-5-22(21)25(29)32;/h2-11,20H,12-17H2,1H3;1H. The van der Waals surface area contributed by atoms with Gasteiger partial charge in [0.1, 0.15) is 6.10 Å². The van der Waals surface area contributed by atoms with Crippen molar-refractivity contribution < 1.29 is 19.1 Å². The highest BCUT2D eigenvalue weighted by molar-refractivity contribution is 6.30. The summed E-state index contributed by atoms with van der Waals surface area (Å²) in [4.78, 5) is 43.8. The third-order valence-corrected chi connectivity index (χ3v) is 6.14. The Hall–Kier alpha value is -2.71. The van der Waals surface area contributed by atoms with Gasteiger partial charge in [-0.25, -0.2) is 4.79 Å². The molecule has 0 N–H and O–H groups in total. The van der Waals surface area contributed by atoms with E-state index in [0.29, 0.717) is 22.7 Å². The maximum absolute atomic E-state index is 12.8. The average molecular weight is 504 g/mol. The molecule has 2 aliphatic rings. The quantitative estimate of drug-likeness (QED) is 0.328. The van der Waals surface area contributed by atoms with E-state index in [4.69, 9.17) is 16.3 Å². The van der Waals surface area contributed by atoms with E-state index in [0.717, 1.165) is 31.7 Å². The van der Waals surface area contributed by atoms with Gasteiger partial charge in [0.25, 0.3) is 11.8 Å². The number of piperazine rings is 1. The molecule has 0 saturated carbocycles. The van der Waals surface area contributed by atoms with Gasteiger partial charge in [0.05, 0.1) is 17.7 Å². The van der Waals surface area contributed by atoms with E-state index < -0.39 is 12.1 Å². The first-order valence-electron chi connectivity index (χ1n) is 10.9. The van der Waals surface area contributed by atoms with Crippen molar-refractivity contribution in [2.45, 2.75) is 6.10 Å². The van der Waals surface area contributed by atoms with E-state index in [1.165, 1.54) is 11.0 Å². The van der Waals surface area contributed by atoms with Crippen molar-refractivity contribution in [1.82, 2.24) is 14.7 Å². The second-order valence-electron chi connectivity index (χ2n) is 8.31. The molecule has 2 aliphatic heterocycles. The van der Waals surface area contributed by atoms with E-state index in [2.05, 4.69) is 16.8 Å². The van der Waals surface area contributed by atoms with Crippen LogP contribution >= 0.6 is 24.0 Å². The topological polar surface area (TPSA) is 70.2 Å². The van der Waals surface area contributed by atoms with Crippen molar-refractivity contribution in [3.63, 3.8) is 0 Å². The van der Waals surface area contributed by atoms with Crippen LogP contribution in [0.5, 0.6) is 0 Å². The monoisotopic (exact) mass is 503 g/mol. The molecule has 1 fully saturated rings. The summed E-state index contributed by atoms with van der Waals surface area (Å²) in [5.41, 5.74) is 1.58. The van der Waals surface area contributed by atoms with Gasteiger partial charge in [0.15, 0.2) is 0 Å². The summed E-state index contributed by atoms with van der Waals surface area (Å²) in [6, 6.07) is 13.8. The van der Waals surface area contributed by atoms with Crippen LogP contribution in [0.15, 0.2) is 54.6 Å². The van der Waals surface area contributed by atoms with Gasteiger partial charge in [-0.15, -0.1) is 12.4 Å². The zero-order valence-electron chi connectivity index (χ0n) is 18.9. The van der Waals surface area contributed by atoms with Crippen LogP contribution in [0.4, 0.5) is 0 Å².